The maximum absolute atomic E-state index is 11.6. The van der Waals surface area contributed by atoms with E-state index in [0.29, 0.717) is 11.8 Å². The number of aromatic nitrogens is 3. The summed E-state index contributed by atoms with van der Waals surface area (Å²) in [5.41, 5.74) is 2.34. The fourth-order valence-electron chi connectivity index (χ4n) is 5.02. The molecular formula is C23H28N6O. The Morgan fingerprint density at radius 2 is 1.70 bits per heavy atom. The lowest BCUT2D eigenvalue weighted by atomic mass is 9.77. The van der Waals surface area contributed by atoms with Crippen LogP contribution in [-0.4, -0.2) is 51.9 Å². The Labute approximate surface area is 176 Å². The number of amides is 1. The molecule has 4 heterocycles. The summed E-state index contributed by atoms with van der Waals surface area (Å²) in [7, 11) is 0. The molecule has 2 aromatic heterocycles. The van der Waals surface area contributed by atoms with Crippen molar-refractivity contribution in [1.29, 1.82) is 0 Å². The van der Waals surface area contributed by atoms with Gasteiger partial charge in [0.15, 0.2) is 0 Å². The molecule has 0 radical (unpaired) electrons. The van der Waals surface area contributed by atoms with Crippen LogP contribution < -0.4 is 10.2 Å². The summed E-state index contributed by atoms with van der Waals surface area (Å²) in [4.78, 5) is 30.0. The second-order valence-corrected chi connectivity index (χ2v) is 9.49. The molecule has 30 heavy (non-hydrogen) atoms. The highest BCUT2D eigenvalue weighted by Gasteiger charge is 2.40. The molecule has 2 aromatic rings. The van der Waals surface area contributed by atoms with Crippen molar-refractivity contribution < 1.29 is 4.79 Å². The minimum atomic E-state index is 0.154. The number of anilines is 3. The van der Waals surface area contributed by atoms with Crippen molar-refractivity contribution in [3.8, 4) is 0 Å². The van der Waals surface area contributed by atoms with Crippen LogP contribution >= 0.6 is 0 Å². The topological polar surface area (TPSA) is 74.2 Å². The van der Waals surface area contributed by atoms with Crippen molar-refractivity contribution >= 4 is 23.4 Å². The summed E-state index contributed by atoms with van der Waals surface area (Å²) in [5.74, 6) is 5.40. The van der Waals surface area contributed by atoms with Crippen LogP contribution in [0.15, 0.2) is 24.5 Å². The first-order valence-corrected chi connectivity index (χ1v) is 11.2. The van der Waals surface area contributed by atoms with E-state index in [1.165, 1.54) is 31.2 Å². The fraction of sp³-hybridized carbons (Fsp3) is 0.565. The lowest BCUT2D eigenvalue weighted by Gasteiger charge is -2.39. The molecule has 2 aliphatic carbocycles. The maximum atomic E-state index is 11.6. The van der Waals surface area contributed by atoms with E-state index in [0.717, 1.165) is 61.2 Å². The zero-order chi connectivity index (χ0) is 20.2. The highest BCUT2D eigenvalue weighted by atomic mass is 16.2. The smallest absolute Gasteiger partial charge is 0.219 e. The summed E-state index contributed by atoms with van der Waals surface area (Å²) < 4.78 is 0. The average Bonchev–Trinajstić information content (AvgIpc) is 3.47. The summed E-state index contributed by atoms with van der Waals surface area (Å²) in [6.45, 7) is 5.45. The van der Waals surface area contributed by atoms with Gasteiger partial charge >= 0.3 is 0 Å². The number of pyridine rings is 1. The zero-order valence-electron chi connectivity index (χ0n) is 17.4. The molecule has 7 heteroatoms. The van der Waals surface area contributed by atoms with Gasteiger partial charge in [-0.3, -0.25) is 9.78 Å². The Balaban J connectivity index is 1.26. The largest absolute Gasteiger partial charge is 0.356 e. The van der Waals surface area contributed by atoms with Crippen LogP contribution in [0.2, 0.25) is 0 Å². The zero-order valence-corrected chi connectivity index (χ0v) is 17.4. The average molecular weight is 405 g/mol. The molecule has 7 nitrogen and oxygen atoms in total. The van der Waals surface area contributed by atoms with Crippen LogP contribution in [-0.2, 0) is 4.79 Å². The Morgan fingerprint density at radius 3 is 2.30 bits per heavy atom. The molecular weight excluding hydrogens is 376 g/mol. The number of nitrogens with one attached hydrogen (secondary N) is 1. The molecule has 4 aliphatic rings. The van der Waals surface area contributed by atoms with Gasteiger partial charge in [-0.25, -0.2) is 9.97 Å². The SMILES string of the molecule is CC(=O)N1CC(c2cc(Nc3cnc(C4CC4)cn3)nc(N3CC4CCC4C3)c2)C1. The first kappa shape index (κ1) is 18.1. The number of carbonyl (C=O) groups excluding carboxylic acids is 1. The third kappa shape index (κ3) is 3.30. The van der Waals surface area contributed by atoms with E-state index in [-0.39, 0.29) is 5.91 Å². The molecule has 1 amide bonds. The van der Waals surface area contributed by atoms with E-state index >= 15 is 0 Å². The highest BCUT2D eigenvalue weighted by Crippen LogP contribution is 2.42. The van der Waals surface area contributed by atoms with Crippen molar-refractivity contribution in [1.82, 2.24) is 19.9 Å². The first-order valence-electron chi connectivity index (χ1n) is 11.2. The van der Waals surface area contributed by atoms with Crippen molar-refractivity contribution in [3.05, 3.63) is 35.8 Å². The highest BCUT2D eigenvalue weighted by molar-refractivity contribution is 5.74. The second kappa shape index (κ2) is 6.93. The van der Waals surface area contributed by atoms with Crippen LogP contribution in [0.5, 0.6) is 0 Å². The van der Waals surface area contributed by atoms with Gasteiger partial charge in [0.05, 0.1) is 18.1 Å². The van der Waals surface area contributed by atoms with E-state index in [1.54, 1.807) is 6.92 Å². The predicted molar refractivity (Wildman–Crippen MR) is 115 cm³/mol. The number of likely N-dealkylation sites (tertiary alicyclic amines) is 1. The normalized spacial score (nSPS) is 25.5. The molecule has 1 N–H and O–H groups in total. The van der Waals surface area contributed by atoms with Gasteiger partial charge in [0.1, 0.15) is 17.5 Å². The van der Waals surface area contributed by atoms with E-state index in [4.69, 9.17) is 4.98 Å². The van der Waals surface area contributed by atoms with Gasteiger partial charge in [-0.2, -0.15) is 0 Å². The number of hydrogen-bond acceptors (Lipinski definition) is 6. The molecule has 0 aromatic carbocycles. The van der Waals surface area contributed by atoms with Crippen molar-refractivity contribution in [2.45, 2.75) is 44.4 Å². The molecule has 2 saturated heterocycles. The molecule has 2 atom stereocenters. The van der Waals surface area contributed by atoms with E-state index < -0.39 is 0 Å². The third-order valence-corrected chi connectivity index (χ3v) is 7.36. The van der Waals surface area contributed by atoms with Gasteiger partial charge in [-0.15, -0.1) is 0 Å². The number of carbonyl (C=O) groups is 1. The van der Waals surface area contributed by atoms with Crippen LogP contribution in [0.4, 0.5) is 17.5 Å². The standard InChI is InChI=1S/C23H28N6O/c1-14(30)28-12-19(13-28)18-6-21(26-22-9-24-20(8-25-22)15-2-3-15)27-23(7-18)29-10-16-4-5-17(16)11-29/h6-9,15-17,19H,2-5,10-13H2,1H3,(H,25,26,27). The van der Waals surface area contributed by atoms with E-state index in [1.807, 2.05) is 17.3 Å². The quantitative estimate of drug-likeness (QED) is 0.824. The van der Waals surface area contributed by atoms with E-state index in [2.05, 4.69) is 32.3 Å². The Bertz CT molecular complexity index is 954. The third-order valence-electron chi connectivity index (χ3n) is 7.36. The molecule has 2 unspecified atom stereocenters. The Hall–Kier alpha value is -2.70. The van der Waals surface area contributed by atoms with Gasteiger partial charge in [0.2, 0.25) is 5.91 Å². The molecule has 2 aliphatic heterocycles. The number of fused-ring (bicyclic) bond motifs is 1. The van der Waals surface area contributed by atoms with Crippen molar-refractivity contribution in [2.24, 2.45) is 11.8 Å². The lowest BCUT2D eigenvalue weighted by molar-refractivity contribution is -0.133. The van der Waals surface area contributed by atoms with Crippen LogP contribution in [0.25, 0.3) is 0 Å². The summed E-state index contributed by atoms with van der Waals surface area (Å²) >= 11 is 0. The number of hydrogen-bond donors (Lipinski definition) is 1. The van der Waals surface area contributed by atoms with Gasteiger partial charge in [-0.1, -0.05) is 0 Å². The Kier molecular flexibility index (Phi) is 4.18. The number of rotatable bonds is 5. The van der Waals surface area contributed by atoms with Crippen LogP contribution in [0.1, 0.15) is 55.7 Å². The molecule has 0 bridgehead atoms. The first-order chi connectivity index (χ1) is 14.6. The predicted octanol–water partition coefficient (Wildman–Crippen LogP) is 3.28. The maximum Gasteiger partial charge on any atom is 0.219 e. The van der Waals surface area contributed by atoms with Crippen LogP contribution in [0.3, 0.4) is 0 Å². The number of nitrogens with zero attached hydrogens (tertiary/aromatic N) is 5. The van der Waals surface area contributed by atoms with Crippen molar-refractivity contribution in [2.75, 3.05) is 36.4 Å². The Morgan fingerprint density at radius 1 is 0.933 bits per heavy atom. The minimum Gasteiger partial charge on any atom is -0.356 e. The fourth-order valence-corrected chi connectivity index (χ4v) is 5.02. The van der Waals surface area contributed by atoms with Crippen LogP contribution in [0, 0.1) is 11.8 Å². The van der Waals surface area contributed by atoms with Gasteiger partial charge in [-0.05, 0) is 55.2 Å². The lowest BCUT2D eigenvalue weighted by Crippen LogP contribution is -2.47. The molecule has 0 spiro atoms. The summed E-state index contributed by atoms with van der Waals surface area (Å²) in [5, 5.41) is 3.38. The summed E-state index contributed by atoms with van der Waals surface area (Å²) in [6.07, 6.45) is 8.87. The van der Waals surface area contributed by atoms with Gasteiger partial charge in [0.25, 0.3) is 0 Å². The molecule has 156 valence electrons. The van der Waals surface area contributed by atoms with Crippen molar-refractivity contribution in [3.63, 3.8) is 0 Å². The monoisotopic (exact) mass is 404 g/mol. The van der Waals surface area contributed by atoms with Gasteiger partial charge < -0.3 is 15.1 Å². The minimum absolute atomic E-state index is 0.154. The molecule has 6 rings (SSSR count). The summed E-state index contributed by atoms with van der Waals surface area (Å²) in [6, 6.07) is 4.35. The van der Waals surface area contributed by atoms with E-state index in [9.17, 15) is 4.79 Å². The molecule has 2 saturated carbocycles. The molecule has 4 fully saturated rings. The van der Waals surface area contributed by atoms with Gasteiger partial charge in [0, 0.05) is 44.9 Å². The second-order valence-electron chi connectivity index (χ2n) is 9.49.